The van der Waals surface area contributed by atoms with E-state index in [0.29, 0.717) is 19.1 Å². The topological polar surface area (TPSA) is 35.3 Å². The Morgan fingerprint density at radius 1 is 1.40 bits per heavy atom. The van der Waals surface area contributed by atoms with E-state index < -0.39 is 0 Å². The minimum absolute atomic E-state index is 0.316. The summed E-state index contributed by atoms with van der Waals surface area (Å²) in [5.74, 6) is 1.08. The van der Waals surface area contributed by atoms with Crippen molar-refractivity contribution < 1.29 is 9.15 Å². The Morgan fingerprint density at radius 2 is 2.20 bits per heavy atom. The largest absolute Gasteiger partial charge is 0.440 e. The lowest BCUT2D eigenvalue weighted by molar-refractivity contribution is -0.00172. The summed E-state index contributed by atoms with van der Waals surface area (Å²) in [6.45, 7) is 3.37. The van der Waals surface area contributed by atoms with Crippen LogP contribution < -0.4 is 0 Å². The standard InChI is InChI=1S/C11H10ClNO2/c1-6-2-10-9(3-8(6)12)13-11(15-10)7-4-14-5-7/h2-3,7H,4-5H2,1H3. The fourth-order valence-electron chi connectivity index (χ4n) is 1.62. The number of hydrogen-bond donors (Lipinski definition) is 0. The van der Waals surface area contributed by atoms with Crippen LogP contribution in [0.1, 0.15) is 17.4 Å². The molecule has 0 unspecified atom stereocenters. The number of aromatic nitrogens is 1. The highest BCUT2D eigenvalue weighted by molar-refractivity contribution is 6.32. The number of oxazole rings is 1. The van der Waals surface area contributed by atoms with E-state index in [1.807, 2.05) is 19.1 Å². The first kappa shape index (κ1) is 9.19. The number of aryl methyl sites for hydroxylation is 1. The van der Waals surface area contributed by atoms with Crippen molar-refractivity contribution in [3.05, 3.63) is 28.6 Å². The first-order valence-electron chi connectivity index (χ1n) is 4.88. The summed E-state index contributed by atoms with van der Waals surface area (Å²) in [6, 6.07) is 3.77. The second-order valence-electron chi connectivity index (χ2n) is 3.86. The van der Waals surface area contributed by atoms with Gasteiger partial charge in [-0.15, -0.1) is 0 Å². The van der Waals surface area contributed by atoms with Crippen molar-refractivity contribution in [2.75, 3.05) is 13.2 Å². The molecule has 3 nitrogen and oxygen atoms in total. The van der Waals surface area contributed by atoms with Gasteiger partial charge in [0.15, 0.2) is 5.58 Å². The van der Waals surface area contributed by atoms with Crippen molar-refractivity contribution in [1.29, 1.82) is 0 Å². The highest BCUT2D eigenvalue weighted by Crippen LogP contribution is 2.29. The van der Waals surface area contributed by atoms with E-state index >= 15 is 0 Å². The van der Waals surface area contributed by atoms with E-state index in [0.717, 1.165) is 27.6 Å². The van der Waals surface area contributed by atoms with E-state index in [1.165, 1.54) is 0 Å². The van der Waals surface area contributed by atoms with Gasteiger partial charge in [0, 0.05) is 5.02 Å². The van der Waals surface area contributed by atoms with Crippen molar-refractivity contribution in [3.63, 3.8) is 0 Å². The molecule has 0 spiro atoms. The Morgan fingerprint density at radius 3 is 2.87 bits per heavy atom. The maximum Gasteiger partial charge on any atom is 0.203 e. The molecule has 1 aromatic heterocycles. The van der Waals surface area contributed by atoms with Gasteiger partial charge in [-0.05, 0) is 24.6 Å². The summed E-state index contributed by atoms with van der Waals surface area (Å²) in [5.41, 5.74) is 2.64. The molecule has 0 amide bonds. The van der Waals surface area contributed by atoms with E-state index in [9.17, 15) is 0 Å². The number of hydrogen-bond acceptors (Lipinski definition) is 3. The van der Waals surface area contributed by atoms with Gasteiger partial charge >= 0.3 is 0 Å². The number of benzene rings is 1. The zero-order valence-electron chi connectivity index (χ0n) is 8.29. The van der Waals surface area contributed by atoms with Crippen molar-refractivity contribution >= 4 is 22.7 Å². The SMILES string of the molecule is Cc1cc2oc(C3COC3)nc2cc1Cl. The van der Waals surface area contributed by atoms with Crippen LogP contribution in [-0.4, -0.2) is 18.2 Å². The van der Waals surface area contributed by atoms with Gasteiger partial charge in [0.05, 0.1) is 19.1 Å². The third kappa shape index (κ3) is 1.43. The number of nitrogens with zero attached hydrogens (tertiary/aromatic N) is 1. The molecule has 78 valence electrons. The lowest BCUT2D eigenvalue weighted by atomic mass is 10.1. The van der Waals surface area contributed by atoms with Gasteiger partial charge in [-0.25, -0.2) is 4.98 Å². The number of ether oxygens (including phenoxy) is 1. The molecule has 0 saturated carbocycles. The molecule has 1 fully saturated rings. The monoisotopic (exact) mass is 223 g/mol. The molecule has 1 saturated heterocycles. The second-order valence-corrected chi connectivity index (χ2v) is 4.26. The highest BCUT2D eigenvalue weighted by atomic mass is 35.5. The first-order chi connectivity index (χ1) is 7.24. The summed E-state index contributed by atoms with van der Waals surface area (Å²) in [4.78, 5) is 4.41. The van der Waals surface area contributed by atoms with E-state index in [1.54, 1.807) is 0 Å². The van der Waals surface area contributed by atoms with Crippen molar-refractivity contribution in [1.82, 2.24) is 4.98 Å². The lowest BCUT2D eigenvalue weighted by Gasteiger charge is -2.22. The van der Waals surface area contributed by atoms with E-state index in [4.69, 9.17) is 20.8 Å². The zero-order chi connectivity index (χ0) is 10.4. The third-order valence-corrected chi connectivity index (χ3v) is 3.08. The van der Waals surface area contributed by atoms with Gasteiger partial charge in [-0.2, -0.15) is 0 Å². The number of rotatable bonds is 1. The molecule has 1 aromatic carbocycles. The molecular formula is C11H10ClNO2. The Kier molecular flexibility index (Phi) is 1.97. The third-order valence-electron chi connectivity index (χ3n) is 2.67. The van der Waals surface area contributed by atoms with Crippen LogP contribution >= 0.6 is 11.6 Å². The molecule has 0 N–H and O–H groups in total. The van der Waals surface area contributed by atoms with Crippen LogP contribution in [0.4, 0.5) is 0 Å². The number of halogens is 1. The minimum Gasteiger partial charge on any atom is -0.440 e. The molecule has 1 aliphatic heterocycles. The second kappa shape index (κ2) is 3.22. The molecule has 0 atom stereocenters. The van der Waals surface area contributed by atoms with Crippen LogP contribution in [0, 0.1) is 6.92 Å². The fraction of sp³-hybridized carbons (Fsp3) is 0.364. The van der Waals surface area contributed by atoms with Gasteiger partial charge in [-0.1, -0.05) is 11.6 Å². The van der Waals surface area contributed by atoms with E-state index in [2.05, 4.69) is 4.98 Å². The Hall–Kier alpha value is -1.06. The molecule has 2 heterocycles. The average molecular weight is 224 g/mol. The molecule has 15 heavy (non-hydrogen) atoms. The van der Waals surface area contributed by atoms with Gasteiger partial charge in [-0.3, -0.25) is 0 Å². The lowest BCUT2D eigenvalue weighted by Crippen LogP contribution is -2.25. The molecule has 0 bridgehead atoms. The van der Waals surface area contributed by atoms with Crippen LogP contribution in [0.15, 0.2) is 16.5 Å². The minimum atomic E-state index is 0.316. The summed E-state index contributed by atoms with van der Waals surface area (Å²) in [5, 5.41) is 0.729. The zero-order valence-corrected chi connectivity index (χ0v) is 9.04. The van der Waals surface area contributed by atoms with Crippen molar-refractivity contribution in [2.45, 2.75) is 12.8 Å². The number of fused-ring (bicyclic) bond motifs is 1. The molecule has 1 aliphatic rings. The predicted molar refractivity (Wildman–Crippen MR) is 57.3 cm³/mol. The van der Waals surface area contributed by atoms with Gasteiger partial charge in [0.25, 0.3) is 0 Å². The van der Waals surface area contributed by atoms with Gasteiger partial charge in [0.1, 0.15) is 5.52 Å². The summed E-state index contributed by atoms with van der Waals surface area (Å²) >= 11 is 6.02. The van der Waals surface area contributed by atoms with Crippen molar-refractivity contribution in [2.24, 2.45) is 0 Å². The molecule has 2 aromatic rings. The summed E-state index contributed by atoms with van der Waals surface area (Å²) < 4.78 is 10.8. The summed E-state index contributed by atoms with van der Waals surface area (Å²) in [7, 11) is 0. The van der Waals surface area contributed by atoms with Crippen LogP contribution in [0.2, 0.25) is 5.02 Å². The normalized spacial score (nSPS) is 16.9. The van der Waals surface area contributed by atoms with E-state index in [-0.39, 0.29) is 0 Å². The highest BCUT2D eigenvalue weighted by Gasteiger charge is 2.25. The fourth-order valence-corrected chi connectivity index (χ4v) is 1.78. The van der Waals surface area contributed by atoms with Gasteiger partial charge in [0.2, 0.25) is 5.89 Å². The van der Waals surface area contributed by atoms with Crippen LogP contribution in [-0.2, 0) is 4.74 Å². The Labute approximate surface area is 92.0 Å². The predicted octanol–water partition coefficient (Wildman–Crippen LogP) is 2.90. The molecule has 4 heteroatoms. The van der Waals surface area contributed by atoms with Crippen LogP contribution in [0.25, 0.3) is 11.1 Å². The Balaban J connectivity index is 2.12. The van der Waals surface area contributed by atoms with Gasteiger partial charge < -0.3 is 9.15 Å². The average Bonchev–Trinajstić information content (AvgIpc) is 2.45. The molecule has 0 aliphatic carbocycles. The smallest absolute Gasteiger partial charge is 0.203 e. The maximum absolute atomic E-state index is 6.02. The molecular weight excluding hydrogens is 214 g/mol. The van der Waals surface area contributed by atoms with Crippen molar-refractivity contribution in [3.8, 4) is 0 Å². The quantitative estimate of drug-likeness (QED) is 0.746. The van der Waals surface area contributed by atoms with Crippen LogP contribution in [0.3, 0.4) is 0 Å². The first-order valence-corrected chi connectivity index (χ1v) is 5.26. The maximum atomic E-state index is 6.02. The molecule has 3 rings (SSSR count). The Bertz CT molecular complexity index is 478. The molecule has 0 radical (unpaired) electrons. The summed E-state index contributed by atoms with van der Waals surface area (Å²) in [6.07, 6.45) is 0. The van der Waals surface area contributed by atoms with Crippen LogP contribution in [0.5, 0.6) is 0 Å².